The van der Waals surface area contributed by atoms with Crippen LogP contribution in [0.25, 0.3) is 0 Å². The van der Waals surface area contributed by atoms with Crippen LogP contribution in [0.5, 0.6) is 5.75 Å². The summed E-state index contributed by atoms with van der Waals surface area (Å²) >= 11 is 5.27. The van der Waals surface area contributed by atoms with E-state index in [1.54, 1.807) is 19.2 Å². The Hall–Kier alpha value is -1.94. The molecule has 0 saturated heterocycles. The molecule has 0 aliphatic heterocycles. The third kappa shape index (κ3) is 4.03. The minimum atomic E-state index is -0.255. The van der Waals surface area contributed by atoms with Crippen LogP contribution in [0.4, 0.5) is 4.39 Å². The first-order chi connectivity index (χ1) is 9.69. The van der Waals surface area contributed by atoms with Gasteiger partial charge in [0.25, 0.3) is 0 Å². The summed E-state index contributed by atoms with van der Waals surface area (Å²) in [6, 6.07) is 14.1. The molecule has 0 radical (unpaired) electrons. The number of ether oxygens (including phenoxy) is 1. The maximum absolute atomic E-state index is 12.8. The Morgan fingerprint density at radius 2 is 1.75 bits per heavy atom. The largest absolute Gasteiger partial charge is 0.497 e. The molecule has 4 heteroatoms. The van der Waals surface area contributed by atoms with Crippen LogP contribution in [0.2, 0.25) is 0 Å². The molecule has 1 N–H and O–H groups in total. The normalized spacial score (nSPS) is 10.1. The van der Waals surface area contributed by atoms with E-state index < -0.39 is 0 Å². The van der Waals surface area contributed by atoms with Gasteiger partial charge >= 0.3 is 0 Å². The van der Waals surface area contributed by atoms with Gasteiger partial charge in [-0.15, -0.1) is 0 Å². The summed E-state index contributed by atoms with van der Waals surface area (Å²) in [5, 5.41) is 3.17. The smallest absolute Gasteiger partial charge is 0.123 e. The standard InChI is InChI=1S/C16H16FNOS/c1-19-15-8-2-12(3-9-15)10-11-18-16(20)13-4-6-14(17)7-5-13/h2-9H,10-11H2,1H3,(H,18,20). The van der Waals surface area contributed by atoms with Crippen molar-refractivity contribution in [2.45, 2.75) is 6.42 Å². The van der Waals surface area contributed by atoms with Crippen LogP contribution in [-0.2, 0) is 6.42 Å². The van der Waals surface area contributed by atoms with Gasteiger partial charge in [-0.25, -0.2) is 4.39 Å². The molecule has 2 aromatic rings. The van der Waals surface area contributed by atoms with Gasteiger partial charge in [-0.05, 0) is 48.4 Å². The first-order valence-electron chi connectivity index (χ1n) is 6.36. The highest BCUT2D eigenvalue weighted by Crippen LogP contribution is 2.11. The minimum absolute atomic E-state index is 0.255. The van der Waals surface area contributed by atoms with E-state index in [1.807, 2.05) is 24.3 Å². The molecule has 0 aliphatic rings. The zero-order chi connectivity index (χ0) is 14.4. The Kier molecular flexibility index (Phi) is 5.07. The highest BCUT2D eigenvalue weighted by molar-refractivity contribution is 7.80. The third-order valence-electron chi connectivity index (χ3n) is 2.96. The maximum Gasteiger partial charge on any atom is 0.123 e. The second-order valence-electron chi connectivity index (χ2n) is 4.36. The molecule has 0 bridgehead atoms. The van der Waals surface area contributed by atoms with E-state index in [1.165, 1.54) is 17.7 Å². The number of hydrogen-bond acceptors (Lipinski definition) is 2. The van der Waals surface area contributed by atoms with Gasteiger partial charge in [0.05, 0.1) is 7.11 Å². The average Bonchev–Trinajstić information content (AvgIpc) is 2.48. The molecule has 0 aliphatic carbocycles. The molecule has 0 unspecified atom stereocenters. The summed E-state index contributed by atoms with van der Waals surface area (Å²) in [5.74, 6) is 0.596. The average molecular weight is 289 g/mol. The molecule has 0 heterocycles. The number of hydrogen-bond donors (Lipinski definition) is 1. The zero-order valence-corrected chi connectivity index (χ0v) is 12.0. The van der Waals surface area contributed by atoms with Gasteiger partial charge in [-0.1, -0.05) is 24.4 Å². The molecule has 0 aromatic heterocycles. The molecule has 20 heavy (non-hydrogen) atoms. The Balaban J connectivity index is 1.82. The van der Waals surface area contributed by atoms with Gasteiger partial charge in [-0.3, -0.25) is 0 Å². The minimum Gasteiger partial charge on any atom is -0.497 e. The van der Waals surface area contributed by atoms with Gasteiger partial charge in [-0.2, -0.15) is 0 Å². The van der Waals surface area contributed by atoms with Crippen LogP contribution in [0.15, 0.2) is 48.5 Å². The number of benzene rings is 2. The van der Waals surface area contributed by atoms with E-state index in [-0.39, 0.29) is 5.82 Å². The van der Waals surface area contributed by atoms with Crippen LogP contribution in [0, 0.1) is 5.82 Å². The summed E-state index contributed by atoms with van der Waals surface area (Å²) in [6.45, 7) is 0.739. The Morgan fingerprint density at radius 1 is 1.10 bits per heavy atom. The number of methoxy groups -OCH3 is 1. The Morgan fingerprint density at radius 3 is 2.35 bits per heavy atom. The lowest BCUT2D eigenvalue weighted by Gasteiger charge is -2.08. The van der Waals surface area contributed by atoms with E-state index in [0.29, 0.717) is 4.99 Å². The number of halogens is 1. The SMILES string of the molecule is COc1ccc(CCNC(=S)c2ccc(F)cc2)cc1. The van der Waals surface area contributed by atoms with E-state index in [0.717, 1.165) is 24.3 Å². The lowest BCUT2D eigenvalue weighted by atomic mass is 10.1. The Bertz CT molecular complexity index is 566. The second-order valence-corrected chi connectivity index (χ2v) is 4.77. The van der Waals surface area contributed by atoms with Crippen LogP contribution < -0.4 is 10.1 Å². The number of thiocarbonyl (C=S) groups is 1. The van der Waals surface area contributed by atoms with Crippen LogP contribution in [0.1, 0.15) is 11.1 Å². The fourth-order valence-corrected chi connectivity index (χ4v) is 2.05. The molecular weight excluding hydrogens is 273 g/mol. The lowest BCUT2D eigenvalue weighted by molar-refractivity contribution is 0.414. The highest BCUT2D eigenvalue weighted by atomic mass is 32.1. The summed E-state index contributed by atoms with van der Waals surface area (Å²) < 4.78 is 17.9. The van der Waals surface area contributed by atoms with Crippen LogP contribution >= 0.6 is 12.2 Å². The van der Waals surface area contributed by atoms with Crippen molar-refractivity contribution in [2.75, 3.05) is 13.7 Å². The van der Waals surface area contributed by atoms with Crippen molar-refractivity contribution in [1.82, 2.24) is 5.32 Å². The topological polar surface area (TPSA) is 21.3 Å². The van der Waals surface area contributed by atoms with Crippen molar-refractivity contribution in [3.63, 3.8) is 0 Å². The van der Waals surface area contributed by atoms with Crippen molar-refractivity contribution >= 4 is 17.2 Å². The molecule has 2 aromatic carbocycles. The molecule has 104 valence electrons. The predicted molar refractivity (Wildman–Crippen MR) is 82.8 cm³/mol. The summed E-state index contributed by atoms with van der Waals surface area (Å²) in [7, 11) is 1.65. The summed E-state index contributed by atoms with van der Waals surface area (Å²) in [5.41, 5.74) is 2.04. The number of rotatable bonds is 5. The van der Waals surface area contributed by atoms with Gasteiger partial charge in [0.1, 0.15) is 16.6 Å². The molecule has 0 spiro atoms. The van der Waals surface area contributed by atoms with Crippen LogP contribution in [0.3, 0.4) is 0 Å². The van der Waals surface area contributed by atoms with E-state index in [2.05, 4.69) is 5.32 Å². The first kappa shape index (κ1) is 14.5. The molecule has 0 saturated carbocycles. The molecule has 2 nitrogen and oxygen atoms in total. The Labute approximate surface area is 123 Å². The quantitative estimate of drug-likeness (QED) is 0.853. The maximum atomic E-state index is 12.8. The van der Waals surface area contributed by atoms with Crippen molar-refractivity contribution < 1.29 is 9.13 Å². The first-order valence-corrected chi connectivity index (χ1v) is 6.76. The molecule has 2 rings (SSSR count). The van der Waals surface area contributed by atoms with Crippen molar-refractivity contribution in [2.24, 2.45) is 0 Å². The van der Waals surface area contributed by atoms with Crippen LogP contribution in [-0.4, -0.2) is 18.6 Å². The van der Waals surface area contributed by atoms with Gasteiger partial charge in [0.2, 0.25) is 0 Å². The van der Waals surface area contributed by atoms with Crippen molar-refractivity contribution in [3.05, 3.63) is 65.5 Å². The zero-order valence-electron chi connectivity index (χ0n) is 11.2. The van der Waals surface area contributed by atoms with Gasteiger partial charge in [0.15, 0.2) is 0 Å². The van der Waals surface area contributed by atoms with Crippen molar-refractivity contribution in [1.29, 1.82) is 0 Å². The van der Waals surface area contributed by atoms with E-state index >= 15 is 0 Å². The van der Waals surface area contributed by atoms with Gasteiger partial charge in [0, 0.05) is 12.1 Å². The lowest BCUT2D eigenvalue weighted by Crippen LogP contribution is -2.24. The molecule has 0 fully saturated rings. The predicted octanol–water partition coefficient (Wildman–Crippen LogP) is 3.34. The molecular formula is C16H16FNOS. The molecule has 0 amide bonds. The summed E-state index contributed by atoms with van der Waals surface area (Å²) in [4.78, 5) is 0.638. The van der Waals surface area contributed by atoms with E-state index in [4.69, 9.17) is 17.0 Å². The third-order valence-corrected chi connectivity index (χ3v) is 3.34. The van der Waals surface area contributed by atoms with Crippen molar-refractivity contribution in [3.8, 4) is 5.75 Å². The second kappa shape index (κ2) is 7.01. The fraction of sp³-hybridized carbons (Fsp3) is 0.188. The summed E-state index contributed by atoms with van der Waals surface area (Å²) in [6.07, 6.45) is 0.866. The van der Waals surface area contributed by atoms with Gasteiger partial charge < -0.3 is 10.1 Å². The monoisotopic (exact) mass is 289 g/mol. The van der Waals surface area contributed by atoms with E-state index in [9.17, 15) is 4.39 Å². The highest BCUT2D eigenvalue weighted by Gasteiger charge is 2.01. The fourth-order valence-electron chi connectivity index (χ4n) is 1.82. The number of nitrogens with one attached hydrogen (secondary N) is 1. The molecule has 0 atom stereocenters.